The summed E-state index contributed by atoms with van der Waals surface area (Å²) >= 11 is 0. The number of likely N-dealkylation sites (tertiary alicyclic amines) is 1. The fourth-order valence-electron chi connectivity index (χ4n) is 4.65. The summed E-state index contributed by atoms with van der Waals surface area (Å²) in [6.45, 7) is 8.48. The number of rotatable bonds is 8. The zero-order valence-electron chi connectivity index (χ0n) is 20.2. The smallest absolute Gasteiger partial charge is 0.164 e. The van der Waals surface area contributed by atoms with Crippen molar-refractivity contribution in [3.05, 3.63) is 42.5 Å². The Morgan fingerprint density at radius 1 is 1.20 bits per heavy atom. The van der Waals surface area contributed by atoms with Crippen LogP contribution in [0.5, 0.6) is 0 Å². The fraction of sp³-hybridized carbons (Fsp3) is 0.480. The van der Waals surface area contributed by atoms with Gasteiger partial charge in [0.1, 0.15) is 17.5 Å². The first kappa shape index (κ1) is 22.0. The van der Waals surface area contributed by atoms with Crippen molar-refractivity contribution in [2.75, 3.05) is 36.9 Å². The largest absolute Gasteiger partial charge is 0.382 e. The van der Waals surface area contributed by atoms with Gasteiger partial charge >= 0.3 is 0 Å². The van der Waals surface area contributed by atoms with Crippen LogP contribution >= 0.6 is 0 Å². The van der Waals surface area contributed by atoms with Gasteiger partial charge in [0.15, 0.2) is 5.82 Å². The number of aromatic nitrogens is 5. The first-order chi connectivity index (χ1) is 17.0. The van der Waals surface area contributed by atoms with Gasteiger partial charge in [-0.1, -0.05) is 0 Å². The molecule has 3 aliphatic rings. The van der Waals surface area contributed by atoms with Crippen LogP contribution in [0, 0.1) is 16.7 Å². The zero-order valence-corrected chi connectivity index (χ0v) is 20.2. The number of nitrogens with zero attached hydrogens (tertiary/aromatic N) is 6. The lowest BCUT2D eigenvalue weighted by Crippen LogP contribution is -2.67. The van der Waals surface area contributed by atoms with E-state index in [1.54, 1.807) is 12.4 Å². The molecule has 2 aliphatic heterocycles. The van der Waals surface area contributed by atoms with Crippen LogP contribution in [0.3, 0.4) is 0 Å². The Hall–Kier alpha value is -3.53. The molecule has 35 heavy (non-hydrogen) atoms. The van der Waals surface area contributed by atoms with E-state index in [1.165, 1.54) is 12.8 Å². The third kappa shape index (κ3) is 4.58. The second-order valence-corrected chi connectivity index (χ2v) is 10.4. The van der Waals surface area contributed by atoms with Crippen LogP contribution in [0.4, 0.5) is 17.3 Å². The van der Waals surface area contributed by atoms with Crippen molar-refractivity contribution in [3.63, 3.8) is 0 Å². The minimum Gasteiger partial charge on any atom is -0.382 e. The number of pyridine rings is 1. The van der Waals surface area contributed by atoms with E-state index in [0.29, 0.717) is 23.3 Å². The highest BCUT2D eigenvalue weighted by Gasteiger charge is 2.50. The van der Waals surface area contributed by atoms with E-state index in [1.807, 2.05) is 29.2 Å². The molecule has 3 aromatic rings. The monoisotopic (exact) mass is 473 g/mol. The van der Waals surface area contributed by atoms with Crippen LogP contribution in [-0.2, 0) is 11.3 Å². The number of nitrogens with one attached hydrogen (secondary N) is 3. The van der Waals surface area contributed by atoms with Crippen LogP contribution in [-0.4, -0.2) is 67.8 Å². The van der Waals surface area contributed by atoms with Crippen molar-refractivity contribution >= 4 is 23.2 Å². The van der Waals surface area contributed by atoms with Gasteiger partial charge in [0.25, 0.3) is 0 Å². The molecule has 0 amide bonds. The Balaban J connectivity index is 1.19. The molecule has 0 radical (unpaired) electrons. The predicted molar refractivity (Wildman–Crippen MR) is 134 cm³/mol. The van der Waals surface area contributed by atoms with E-state index in [4.69, 9.17) is 10.1 Å². The standard InChI is InChI=1S/C25H31N9O/c1-16(2)30-20-7-22(28-9-19(20)23(26)33-12-25(13-33)14-35-15-25)31-21-5-6-27-24(32-21)18-8-29-34(11-18)10-17-3-4-17/h5-9,11,16-17,26H,3-4,10,12-15H2,1-2H3,(H2,27,28,30,31,32). The maximum absolute atomic E-state index is 8.77. The Morgan fingerprint density at radius 2 is 2.03 bits per heavy atom. The fourth-order valence-corrected chi connectivity index (χ4v) is 4.65. The zero-order chi connectivity index (χ0) is 24.0. The number of hydrogen-bond donors (Lipinski definition) is 3. The van der Waals surface area contributed by atoms with Crippen LogP contribution in [0.25, 0.3) is 11.4 Å². The van der Waals surface area contributed by atoms with Crippen LogP contribution in [0.2, 0.25) is 0 Å². The molecule has 3 aromatic heterocycles. The lowest BCUT2D eigenvalue weighted by Gasteiger charge is -2.55. The molecule has 1 spiro atoms. The molecule has 10 nitrogen and oxygen atoms in total. The normalized spacial score (nSPS) is 18.3. The Labute approximate surface area is 204 Å². The number of ether oxygens (including phenoxy) is 1. The van der Waals surface area contributed by atoms with Gasteiger partial charge in [-0.05, 0) is 38.7 Å². The second kappa shape index (κ2) is 8.60. The molecule has 0 aromatic carbocycles. The minimum absolute atomic E-state index is 0.220. The molecule has 0 atom stereocenters. The molecule has 5 heterocycles. The molecule has 3 fully saturated rings. The molecule has 2 saturated heterocycles. The quantitative estimate of drug-likeness (QED) is 0.337. The predicted octanol–water partition coefficient (Wildman–Crippen LogP) is 3.37. The van der Waals surface area contributed by atoms with Crippen molar-refractivity contribution in [2.45, 2.75) is 39.3 Å². The topological polar surface area (TPSA) is 117 Å². The Kier molecular flexibility index (Phi) is 5.40. The summed E-state index contributed by atoms with van der Waals surface area (Å²) in [4.78, 5) is 15.8. The summed E-state index contributed by atoms with van der Waals surface area (Å²) in [6.07, 6.45) is 9.91. The van der Waals surface area contributed by atoms with Crippen molar-refractivity contribution in [1.82, 2.24) is 29.6 Å². The molecule has 0 unspecified atom stereocenters. The SMILES string of the molecule is CC(C)Nc1cc(Nc2ccnc(-c3cnn(CC4CC4)c3)n2)ncc1C(=N)N1CC2(COC2)C1. The van der Waals surface area contributed by atoms with E-state index < -0.39 is 0 Å². The van der Waals surface area contributed by atoms with Gasteiger partial charge in [0, 0.05) is 50.3 Å². The van der Waals surface area contributed by atoms with Crippen molar-refractivity contribution in [3.8, 4) is 11.4 Å². The molecular weight excluding hydrogens is 442 g/mol. The molecule has 1 saturated carbocycles. The molecule has 0 bridgehead atoms. The van der Waals surface area contributed by atoms with E-state index in [-0.39, 0.29) is 11.5 Å². The summed E-state index contributed by atoms with van der Waals surface area (Å²) in [7, 11) is 0. The molecule has 1 aliphatic carbocycles. The van der Waals surface area contributed by atoms with Gasteiger partial charge in [-0.2, -0.15) is 5.10 Å². The van der Waals surface area contributed by atoms with Crippen molar-refractivity contribution in [2.24, 2.45) is 11.3 Å². The summed E-state index contributed by atoms with van der Waals surface area (Å²) in [5, 5.41) is 20.0. The molecule has 3 N–H and O–H groups in total. The van der Waals surface area contributed by atoms with E-state index in [0.717, 1.165) is 55.6 Å². The maximum atomic E-state index is 8.77. The van der Waals surface area contributed by atoms with Crippen LogP contribution in [0.1, 0.15) is 32.3 Å². The van der Waals surface area contributed by atoms with Crippen molar-refractivity contribution in [1.29, 1.82) is 5.41 Å². The van der Waals surface area contributed by atoms with E-state index in [9.17, 15) is 0 Å². The highest BCUT2D eigenvalue weighted by Crippen LogP contribution is 2.39. The van der Waals surface area contributed by atoms with Gasteiger partial charge in [-0.15, -0.1) is 0 Å². The summed E-state index contributed by atoms with van der Waals surface area (Å²) in [6, 6.07) is 3.99. The van der Waals surface area contributed by atoms with Crippen LogP contribution in [0.15, 0.2) is 36.9 Å². The second-order valence-electron chi connectivity index (χ2n) is 10.4. The van der Waals surface area contributed by atoms with E-state index >= 15 is 0 Å². The third-order valence-electron chi connectivity index (χ3n) is 6.73. The Bertz CT molecular complexity index is 1240. The molecule has 182 valence electrons. The molecule has 10 heteroatoms. The van der Waals surface area contributed by atoms with Gasteiger partial charge in [-0.25, -0.2) is 15.0 Å². The van der Waals surface area contributed by atoms with Gasteiger partial charge < -0.3 is 20.3 Å². The first-order valence-corrected chi connectivity index (χ1v) is 12.3. The summed E-state index contributed by atoms with van der Waals surface area (Å²) in [5.41, 5.74) is 2.83. The number of hydrogen-bond acceptors (Lipinski definition) is 8. The highest BCUT2D eigenvalue weighted by atomic mass is 16.5. The molecular formula is C25H31N9O. The summed E-state index contributed by atoms with van der Waals surface area (Å²) in [5.74, 6) is 3.20. The highest BCUT2D eigenvalue weighted by molar-refractivity contribution is 6.02. The lowest BCUT2D eigenvalue weighted by molar-refractivity contribution is -0.171. The van der Waals surface area contributed by atoms with Gasteiger partial charge in [-0.3, -0.25) is 10.1 Å². The summed E-state index contributed by atoms with van der Waals surface area (Å²) < 4.78 is 7.35. The Morgan fingerprint density at radius 3 is 2.74 bits per heavy atom. The lowest BCUT2D eigenvalue weighted by atomic mass is 9.77. The van der Waals surface area contributed by atoms with Crippen LogP contribution < -0.4 is 10.6 Å². The average molecular weight is 474 g/mol. The maximum Gasteiger partial charge on any atom is 0.164 e. The number of amidine groups is 1. The minimum atomic E-state index is 0.220. The average Bonchev–Trinajstić information content (AvgIpc) is 3.46. The first-order valence-electron chi connectivity index (χ1n) is 12.3. The number of anilines is 3. The van der Waals surface area contributed by atoms with Gasteiger partial charge in [0.05, 0.1) is 41.6 Å². The van der Waals surface area contributed by atoms with E-state index in [2.05, 4.69) is 49.4 Å². The van der Waals surface area contributed by atoms with Gasteiger partial charge in [0.2, 0.25) is 0 Å². The molecule has 6 rings (SSSR count). The van der Waals surface area contributed by atoms with Crippen molar-refractivity contribution < 1.29 is 4.74 Å². The third-order valence-corrected chi connectivity index (χ3v) is 6.73.